The van der Waals surface area contributed by atoms with Crippen molar-refractivity contribution in [2.24, 2.45) is 0 Å². The fourth-order valence-electron chi connectivity index (χ4n) is 4.36. The lowest BCUT2D eigenvalue weighted by Crippen LogP contribution is -2.48. The van der Waals surface area contributed by atoms with E-state index in [1.54, 1.807) is 11.3 Å². The van der Waals surface area contributed by atoms with Gasteiger partial charge in [-0.2, -0.15) is 0 Å². The summed E-state index contributed by atoms with van der Waals surface area (Å²) in [5.74, 6) is 0.691. The highest BCUT2D eigenvalue weighted by molar-refractivity contribution is 7.09. The van der Waals surface area contributed by atoms with Crippen LogP contribution in [0.1, 0.15) is 46.7 Å². The van der Waals surface area contributed by atoms with E-state index in [1.807, 2.05) is 36.6 Å². The van der Waals surface area contributed by atoms with Crippen LogP contribution in [0.15, 0.2) is 29.6 Å². The summed E-state index contributed by atoms with van der Waals surface area (Å²) >= 11 is 1.57. The van der Waals surface area contributed by atoms with Crippen molar-refractivity contribution in [3.63, 3.8) is 0 Å². The molecule has 1 N–H and O–H groups in total. The van der Waals surface area contributed by atoms with Crippen LogP contribution in [-0.4, -0.2) is 66.1 Å². The summed E-state index contributed by atoms with van der Waals surface area (Å²) in [7, 11) is 2.21. The van der Waals surface area contributed by atoms with Crippen LogP contribution >= 0.6 is 11.3 Å². The SMILES string of the molecule is Cc1csc(CNC(=O)c2cccc(OC3CCN(C4CCN(C)CC4)CC3)c2)n1. The van der Waals surface area contributed by atoms with E-state index in [0.29, 0.717) is 12.1 Å². The maximum Gasteiger partial charge on any atom is 0.251 e. The Balaban J connectivity index is 1.25. The Morgan fingerprint density at radius 2 is 1.97 bits per heavy atom. The first kappa shape index (κ1) is 21.3. The number of carbonyl (C=O) groups excluding carboxylic acids is 1. The Morgan fingerprint density at radius 3 is 2.67 bits per heavy atom. The maximum atomic E-state index is 12.5. The third kappa shape index (κ3) is 5.59. The molecule has 0 radical (unpaired) electrons. The molecule has 2 fully saturated rings. The van der Waals surface area contributed by atoms with E-state index in [1.165, 1.54) is 25.9 Å². The minimum atomic E-state index is -0.0922. The number of hydrogen-bond donors (Lipinski definition) is 1. The summed E-state index contributed by atoms with van der Waals surface area (Å²) in [5.41, 5.74) is 1.62. The number of thiazole rings is 1. The normalized spacial score (nSPS) is 19.7. The van der Waals surface area contributed by atoms with Gasteiger partial charge in [0.25, 0.3) is 5.91 Å². The number of rotatable bonds is 6. The van der Waals surface area contributed by atoms with E-state index in [0.717, 1.165) is 48.4 Å². The molecule has 2 aliphatic rings. The molecule has 4 rings (SSSR count). The Bertz CT molecular complexity index is 839. The van der Waals surface area contributed by atoms with Crippen molar-refractivity contribution in [1.82, 2.24) is 20.1 Å². The van der Waals surface area contributed by atoms with Gasteiger partial charge < -0.3 is 19.9 Å². The van der Waals surface area contributed by atoms with Crippen molar-refractivity contribution in [2.45, 2.75) is 51.3 Å². The molecule has 1 aromatic carbocycles. The molecule has 0 atom stereocenters. The summed E-state index contributed by atoms with van der Waals surface area (Å²) in [6.45, 7) is 7.04. The third-order valence-electron chi connectivity index (χ3n) is 6.15. The van der Waals surface area contributed by atoms with E-state index in [4.69, 9.17) is 4.74 Å². The molecule has 162 valence electrons. The number of nitrogens with one attached hydrogen (secondary N) is 1. The van der Waals surface area contributed by atoms with E-state index >= 15 is 0 Å². The largest absolute Gasteiger partial charge is 0.490 e. The van der Waals surface area contributed by atoms with Gasteiger partial charge in [0.1, 0.15) is 16.9 Å². The average molecular weight is 429 g/mol. The number of hydrogen-bond acceptors (Lipinski definition) is 6. The van der Waals surface area contributed by atoms with Crippen molar-refractivity contribution in [3.05, 3.63) is 45.9 Å². The van der Waals surface area contributed by atoms with Crippen LogP contribution in [0.2, 0.25) is 0 Å². The molecule has 0 aliphatic carbocycles. The summed E-state index contributed by atoms with van der Waals surface area (Å²) in [6, 6.07) is 8.26. The standard InChI is InChI=1S/C23H32N4O2S/c1-17-16-30-22(25-17)15-24-23(28)18-4-3-5-21(14-18)29-20-8-12-27(13-9-20)19-6-10-26(2)11-7-19/h3-5,14,16,19-20H,6-13,15H2,1-2H3,(H,24,28). The van der Waals surface area contributed by atoms with E-state index in [9.17, 15) is 4.79 Å². The topological polar surface area (TPSA) is 57.7 Å². The van der Waals surface area contributed by atoms with Gasteiger partial charge in [0.15, 0.2) is 0 Å². The summed E-state index contributed by atoms with van der Waals surface area (Å²) in [5, 5.41) is 5.86. The highest BCUT2D eigenvalue weighted by Crippen LogP contribution is 2.24. The van der Waals surface area contributed by atoms with Gasteiger partial charge >= 0.3 is 0 Å². The predicted molar refractivity (Wildman–Crippen MR) is 120 cm³/mol. The van der Waals surface area contributed by atoms with Gasteiger partial charge in [0.05, 0.1) is 6.54 Å². The maximum absolute atomic E-state index is 12.5. The van der Waals surface area contributed by atoms with E-state index < -0.39 is 0 Å². The molecule has 30 heavy (non-hydrogen) atoms. The molecule has 0 saturated carbocycles. The van der Waals surface area contributed by atoms with Gasteiger partial charge in [-0.1, -0.05) is 6.07 Å². The smallest absolute Gasteiger partial charge is 0.251 e. The number of piperidine rings is 2. The second-order valence-corrected chi connectivity index (χ2v) is 9.42. The lowest BCUT2D eigenvalue weighted by molar-refractivity contribution is 0.0525. The van der Waals surface area contributed by atoms with Crippen LogP contribution in [0.3, 0.4) is 0 Å². The number of ether oxygens (including phenoxy) is 1. The molecule has 2 saturated heterocycles. The number of benzene rings is 1. The molecule has 1 amide bonds. The molecule has 2 aliphatic heterocycles. The second-order valence-electron chi connectivity index (χ2n) is 8.48. The van der Waals surface area contributed by atoms with Gasteiger partial charge in [0.2, 0.25) is 0 Å². The van der Waals surface area contributed by atoms with Gasteiger partial charge in [-0.05, 0) is 70.9 Å². The van der Waals surface area contributed by atoms with Gasteiger partial charge in [0, 0.05) is 35.8 Å². The van der Waals surface area contributed by atoms with Crippen LogP contribution in [0.5, 0.6) is 5.75 Å². The summed E-state index contributed by atoms with van der Waals surface area (Å²) in [6.07, 6.45) is 4.88. The average Bonchev–Trinajstić information content (AvgIpc) is 3.18. The van der Waals surface area contributed by atoms with Crippen LogP contribution < -0.4 is 10.1 Å². The zero-order valence-corrected chi connectivity index (χ0v) is 18.8. The Hall–Kier alpha value is -1.96. The molecule has 2 aromatic rings. The molecule has 1 aromatic heterocycles. The molecular weight excluding hydrogens is 396 g/mol. The Labute approximate surface area is 183 Å². The minimum Gasteiger partial charge on any atom is -0.490 e. The van der Waals surface area contributed by atoms with Crippen LogP contribution in [0.25, 0.3) is 0 Å². The first-order chi connectivity index (χ1) is 14.6. The highest BCUT2D eigenvalue weighted by atomic mass is 32.1. The van der Waals surface area contributed by atoms with Crippen LogP contribution in [-0.2, 0) is 6.54 Å². The molecule has 0 spiro atoms. The second kappa shape index (κ2) is 9.90. The zero-order valence-electron chi connectivity index (χ0n) is 18.0. The minimum absolute atomic E-state index is 0.0922. The van der Waals surface area contributed by atoms with Crippen molar-refractivity contribution in [1.29, 1.82) is 0 Å². The molecular formula is C23H32N4O2S. The number of aryl methyl sites for hydroxylation is 1. The van der Waals surface area contributed by atoms with Gasteiger partial charge in [-0.3, -0.25) is 4.79 Å². The zero-order chi connectivity index (χ0) is 20.9. The third-order valence-corrected chi connectivity index (χ3v) is 7.11. The van der Waals surface area contributed by atoms with Gasteiger partial charge in [-0.25, -0.2) is 4.98 Å². The number of amides is 1. The van der Waals surface area contributed by atoms with E-state index in [-0.39, 0.29) is 12.0 Å². The Kier molecular flexibility index (Phi) is 7.02. The fraction of sp³-hybridized carbons (Fsp3) is 0.565. The molecule has 6 nitrogen and oxygen atoms in total. The number of nitrogens with zero attached hydrogens (tertiary/aromatic N) is 3. The number of likely N-dealkylation sites (tertiary alicyclic amines) is 2. The molecule has 7 heteroatoms. The number of carbonyl (C=O) groups is 1. The number of aromatic nitrogens is 1. The van der Waals surface area contributed by atoms with Gasteiger partial charge in [-0.15, -0.1) is 11.3 Å². The van der Waals surface area contributed by atoms with Crippen molar-refractivity contribution in [2.75, 3.05) is 33.2 Å². The molecule has 0 bridgehead atoms. The van der Waals surface area contributed by atoms with Crippen LogP contribution in [0.4, 0.5) is 0 Å². The lowest BCUT2D eigenvalue weighted by atomic mass is 9.99. The van der Waals surface area contributed by atoms with Crippen LogP contribution in [0, 0.1) is 6.92 Å². The van der Waals surface area contributed by atoms with Crippen molar-refractivity contribution < 1.29 is 9.53 Å². The fourth-order valence-corrected chi connectivity index (χ4v) is 5.08. The summed E-state index contributed by atoms with van der Waals surface area (Å²) < 4.78 is 6.24. The summed E-state index contributed by atoms with van der Waals surface area (Å²) in [4.78, 5) is 22.0. The molecule has 0 unspecified atom stereocenters. The first-order valence-electron chi connectivity index (χ1n) is 11.0. The monoisotopic (exact) mass is 428 g/mol. The first-order valence-corrected chi connectivity index (χ1v) is 11.8. The Morgan fingerprint density at radius 1 is 1.20 bits per heavy atom. The van der Waals surface area contributed by atoms with Crippen molar-refractivity contribution >= 4 is 17.2 Å². The lowest BCUT2D eigenvalue weighted by Gasteiger charge is -2.41. The predicted octanol–water partition coefficient (Wildman–Crippen LogP) is 3.32. The van der Waals surface area contributed by atoms with E-state index in [2.05, 4.69) is 27.1 Å². The highest BCUT2D eigenvalue weighted by Gasteiger charge is 2.28. The van der Waals surface area contributed by atoms with Crippen molar-refractivity contribution in [3.8, 4) is 5.75 Å². The quantitative estimate of drug-likeness (QED) is 0.765. The molecule has 3 heterocycles.